The quantitative estimate of drug-likeness (QED) is 0.581. The molecule has 0 aromatic rings. The second kappa shape index (κ2) is 4.40. The Bertz CT molecular complexity index is 154. The molecule has 1 saturated carbocycles. The highest BCUT2D eigenvalue weighted by Crippen LogP contribution is 2.26. The van der Waals surface area contributed by atoms with Crippen LogP contribution in [-0.2, 0) is 0 Å². The van der Waals surface area contributed by atoms with Crippen LogP contribution in [0.3, 0.4) is 0 Å². The van der Waals surface area contributed by atoms with Gasteiger partial charge in [0.25, 0.3) is 0 Å². The van der Waals surface area contributed by atoms with Crippen LogP contribution in [-0.4, -0.2) is 25.3 Å². The maximum atomic E-state index is 5.62. The van der Waals surface area contributed by atoms with Gasteiger partial charge in [-0.15, -0.1) is 0 Å². The zero-order chi connectivity index (χ0) is 9.10. The summed E-state index contributed by atoms with van der Waals surface area (Å²) >= 11 is 0. The highest BCUT2D eigenvalue weighted by molar-refractivity contribution is 4.88. The van der Waals surface area contributed by atoms with Crippen LogP contribution in [0.1, 0.15) is 32.1 Å². The number of hydrogen-bond donors (Lipinski definition) is 3. The molecule has 13 heavy (non-hydrogen) atoms. The van der Waals surface area contributed by atoms with E-state index in [0.717, 1.165) is 19.0 Å². The molecule has 76 valence electrons. The fraction of sp³-hybridized carbons (Fsp3) is 1.00. The average molecular weight is 183 g/mol. The summed E-state index contributed by atoms with van der Waals surface area (Å²) in [5.74, 6) is 0.852. The molecular formula is C10H21N3. The zero-order valence-electron chi connectivity index (χ0n) is 8.26. The number of nitrogens with one attached hydrogen (secondary N) is 2. The summed E-state index contributed by atoms with van der Waals surface area (Å²) in [6.45, 7) is 1.81. The number of nitrogens with two attached hydrogens (primary N) is 1. The van der Waals surface area contributed by atoms with Crippen molar-refractivity contribution in [2.75, 3.05) is 13.1 Å². The van der Waals surface area contributed by atoms with Crippen LogP contribution in [0.15, 0.2) is 0 Å². The Hall–Kier alpha value is -0.120. The van der Waals surface area contributed by atoms with E-state index in [9.17, 15) is 0 Å². The van der Waals surface area contributed by atoms with Crippen molar-refractivity contribution in [1.29, 1.82) is 0 Å². The van der Waals surface area contributed by atoms with Crippen LogP contribution in [0.25, 0.3) is 0 Å². The zero-order valence-corrected chi connectivity index (χ0v) is 8.26. The van der Waals surface area contributed by atoms with Crippen molar-refractivity contribution >= 4 is 0 Å². The standard InChI is InChI=1S/C10H21N3/c11-6-9-7-12-10(13-9)8-4-2-1-3-5-8/h8-10,12-13H,1-7,11H2. The van der Waals surface area contributed by atoms with E-state index < -0.39 is 0 Å². The van der Waals surface area contributed by atoms with E-state index in [1.165, 1.54) is 32.1 Å². The largest absolute Gasteiger partial charge is 0.329 e. The van der Waals surface area contributed by atoms with Gasteiger partial charge < -0.3 is 11.1 Å². The van der Waals surface area contributed by atoms with Crippen LogP contribution in [0.2, 0.25) is 0 Å². The topological polar surface area (TPSA) is 50.1 Å². The van der Waals surface area contributed by atoms with Gasteiger partial charge in [0, 0.05) is 19.1 Å². The summed E-state index contributed by atoms with van der Waals surface area (Å²) in [5.41, 5.74) is 5.62. The second-order valence-corrected chi connectivity index (χ2v) is 4.38. The van der Waals surface area contributed by atoms with E-state index >= 15 is 0 Å². The molecule has 3 nitrogen and oxygen atoms in total. The molecule has 2 aliphatic rings. The molecule has 1 aliphatic carbocycles. The van der Waals surface area contributed by atoms with Crippen LogP contribution in [0, 0.1) is 5.92 Å². The smallest absolute Gasteiger partial charge is 0.0604 e. The highest BCUT2D eigenvalue weighted by atomic mass is 15.2. The third-order valence-electron chi connectivity index (χ3n) is 3.41. The summed E-state index contributed by atoms with van der Waals surface area (Å²) in [5, 5.41) is 7.11. The van der Waals surface area contributed by atoms with E-state index in [-0.39, 0.29) is 0 Å². The first kappa shape index (κ1) is 9.44. The van der Waals surface area contributed by atoms with Gasteiger partial charge in [0.15, 0.2) is 0 Å². The first-order chi connectivity index (χ1) is 6.40. The fourth-order valence-corrected chi connectivity index (χ4v) is 2.56. The van der Waals surface area contributed by atoms with Crippen molar-refractivity contribution in [2.45, 2.75) is 44.3 Å². The Morgan fingerprint density at radius 2 is 1.92 bits per heavy atom. The van der Waals surface area contributed by atoms with E-state index in [4.69, 9.17) is 5.73 Å². The summed E-state index contributed by atoms with van der Waals surface area (Å²) in [6.07, 6.45) is 7.59. The Kier molecular flexibility index (Phi) is 3.19. The van der Waals surface area contributed by atoms with Crippen molar-refractivity contribution in [1.82, 2.24) is 10.6 Å². The predicted molar refractivity (Wildman–Crippen MR) is 54.3 cm³/mol. The molecule has 0 spiro atoms. The van der Waals surface area contributed by atoms with Crippen LogP contribution in [0.5, 0.6) is 0 Å². The Balaban J connectivity index is 1.80. The van der Waals surface area contributed by atoms with Crippen LogP contribution >= 0.6 is 0 Å². The minimum Gasteiger partial charge on any atom is -0.329 e. The van der Waals surface area contributed by atoms with Crippen molar-refractivity contribution in [2.24, 2.45) is 11.7 Å². The lowest BCUT2D eigenvalue weighted by Crippen LogP contribution is -2.42. The summed E-state index contributed by atoms with van der Waals surface area (Å²) in [4.78, 5) is 0. The first-order valence-electron chi connectivity index (χ1n) is 5.59. The molecule has 0 radical (unpaired) electrons. The maximum absolute atomic E-state index is 5.62. The Morgan fingerprint density at radius 1 is 1.15 bits per heavy atom. The van der Waals surface area contributed by atoms with Gasteiger partial charge in [-0.1, -0.05) is 19.3 Å². The summed E-state index contributed by atoms with van der Waals surface area (Å²) in [7, 11) is 0. The third-order valence-corrected chi connectivity index (χ3v) is 3.41. The first-order valence-corrected chi connectivity index (χ1v) is 5.59. The van der Waals surface area contributed by atoms with E-state index in [1.807, 2.05) is 0 Å². The molecule has 0 amide bonds. The molecular weight excluding hydrogens is 162 g/mol. The van der Waals surface area contributed by atoms with E-state index in [0.29, 0.717) is 12.2 Å². The lowest BCUT2D eigenvalue weighted by Gasteiger charge is -2.27. The minimum atomic E-state index is 0.506. The SMILES string of the molecule is NCC1CNC(C2CCCCC2)N1. The van der Waals surface area contributed by atoms with E-state index in [1.54, 1.807) is 0 Å². The Labute approximate surface area is 80.5 Å². The molecule has 4 N–H and O–H groups in total. The summed E-state index contributed by atoms with van der Waals surface area (Å²) in [6, 6.07) is 0.506. The predicted octanol–water partition coefficient (Wildman–Crippen LogP) is 0.413. The molecule has 3 heteroatoms. The second-order valence-electron chi connectivity index (χ2n) is 4.38. The van der Waals surface area contributed by atoms with Gasteiger partial charge >= 0.3 is 0 Å². The molecule has 0 aromatic heterocycles. The molecule has 0 aromatic carbocycles. The van der Waals surface area contributed by atoms with Gasteiger partial charge in [0.2, 0.25) is 0 Å². The van der Waals surface area contributed by atoms with Gasteiger partial charge in [-0.25, -0.2) is 0 Å². The lowest BCUT2D eigenvalue weighted by molar-refractivity contribution is 0.266. The van der Waals surface area contributed by atoms with Crippen LogP contribution in [0.4, 0.5) is 0 Å². The lowest BCUT2D eigenvalue weighted by atomic mass is 9.87. The maximum Gasteiger partial charge on any atom is 0.0604 e. The highest BCUT2D eigenvalue weighted by Gasteiger charge is 2.29. The van der Waals surface area contributed by atoms with Gasteiger partial charge in [-0.05, 0) is 18.8 Å². The molecule has 1 aliphatic heterocycles. The fourth-order valence-electron chi connectivity index (χ4n) is 2.56. The van der Waals surface area contributed by atoms with Gasteiger partial charge in [-0.2, -0.15) is 0 Å². The van der Waals surface area contributed by atoms with Crippen molar-refractivity contribution in [3.8, 4) is 0 Å². The molecule has 1 saturated heterocycles. The average Bonchev–Trinajstić information content (AvgIpc) is 2.67. The van der Waals surface area contributed by atoms with Crippen molar-refractivity contribution in [3.63, 3.8) is 0 Å². The Morgan fingerprint density at radius 3 is 2.54 bits per heavy atom. The molecule has 0 bridgehead atoms. The van der Waals surface area contributed by atoms with Crippen LogP contribution < -0.4 is 16.4 Å². The molecule has 1 heterocycles. The van der Waals surface area contributed by atoms with Crippen molar-refractivity contribution in [3.05, 3.63) is 0 Å². The number of rotatable bonds is 2. The number of hydrogen-bond acceptors (Lipinski definition) is 3. The monoisotopic (exact) mass is 183 g/mol. The summed E-state index contributed by atoms with van der Waals surface area (Å²) < 4.78 is 0. The molecule has 2 rings (SSSR count). The van der Waals surface area contributed by atoms with Crippen molar-refractivity contribution < 1.29 is 0 Å². The van der Waals surface area contributed by atoms with Gasteiger partial charge in [-0.3, -0.25) is 5.32 Å². The van der Waals surface area contributed by atoms with E-state index in [2.05, 4.69) is 10.6 Å². The molecule has 2 atom stereocenters. The van der Waals surface area contributed by atoms with Gasteiger partial charge in [0.1, 0.15) is 0 Å². The normalized spacial score (nSPS) is 36.7. The third kappa shape index (κ3) is 2.22. The molecule has 2 unspecified atom stereocenters. The minimum absolute atomic E-state index is 0.506. The molecule has 2 fully saturated rings. The van der Waals surface area contributed by atoms with Gasteiger partial charge in [0.05, 0.1) is 6.17 Å².